The molecule has 0 N–H and O–H groups in total. The molecular weight excluding hydrogens is 304 g/mol. The van der Waals surface area contributed by atoms with Crippen LogP contribution in [-0.2, 0) is 6.42 Å². The van der Waals surface area contributed by atoms with Crippen LogP contribution in [0.5, 0.6) is 0 Å². The summed E-state index contributed by atoms with van der Waals surface area (Å²) in [5.41, 5.74) is 2.64. The molecule has 0 atom stereocenters. The smallest absolute Gasteiger partial charge is 0.261 e. The molecule has 5 heteroatoms. The van der Waals surface area contributed by atoms with Crippen molar-refractivity contribution < 1.29 is 14.1 Å². The molecule has 2 heterocycles. The van der Waals surface area contributed by atoms with Gasteiger partial charge in [-0.2, -0.15) is 0 Å². The van der Waals surface area contributed by atoms with Gasteiger partial charge in [-0.3, -0.25) is 14.5 Å². The molecule has 2 aromatic carbocycles. The van der Waals surface area contributed by atoms with Crippen molar-refractivity contribution in [2.45, 2.75) is 6.42 Å². The normalized spacial score (nSPS) is 13.4. The molecule has 4 rings (SSSR count). The van der Waals surface area contributed by atoms with E-state index >= 15 is 0 Å². The van der Waals surface area contributed by atoms with Gasteiger partial charge in [0.05, 0.1) is 11.1 Å². The molecule has 0 saturated carbocycles. The highest BCUT2D eigenvalue weighted by Gasteiger charge is 2.34. The topological polar surface area (TPSA) is 63.4 Å². The average molecular weight is 318 g/mol. The molecule has 1 aromatic heterocycles. The van der Waals surface area contributed by atoms with Gasteiger partial charge in [0.2, 0.25) is 0 Å². The molecule has 1 aliphatic heterocycles. The Morgan fingerprint density at radius 3 is 2.17 bits per heavy atom. The van der Waals surface area contributed by atoms with Crippen LogP contribution in [0.15, 0.2) is 65.2 Å². The van der Waals surface area contributed by atoms with Crippen molar-refractivity contribution >= 4 is 11.8 Å². The van der Waals surface area contributed by atoms with Crippen LogP contribution in [0.3, 0.4) is 0 Å². The fourth-order valence-corrected chi connectivity index (χ4v) is 2.84. The van der Waals surface area contributed by atoms with E-state index in [4.69, 9.17) is 4.52 Å². The molecule has 0 radical (unpaired) electrons. The molecular formula is C19H14N2O3. The Kier molecular flexibility index (Phi) is 3.46. The van der Waals surface area contributed by atoms with Gasteiger partial charge >= 0.3 is 0 Å². The highest BCUT2D eigenvalue weighted by atomic mass is 16.5. The number of hydrogen-bond donors (Lipinski definition) is 0. The van der Waals surface area contributed by atoms with Crippen LogP contribution >= 0.6 is 0 Å². The second-order valence-corrected chi connectivity index (χ2v) is 5.60. The van der Waals surface area contributed by atoms with E-state index in [9.17, 15) is 9.59 Å². The summed E-state index contributed by atoms with van der Waals surface area (Å²) < 4.78 is 5.33. The third-order valence-corrected chi connectivity index (χ3v) is 4.09. The summed E-state index contributed by atoms with van der Waals surface area (Å²) in [6.07, 6.45) is 0.436. The minimum Gasteiger partial charge on any atom is -0.361 e. The van der Waals surface area contributed by atoms with Gasteiger partial charge in [0, 0.05) is 24.6 Å². The van der Waals surface area contributed by atoms with E-state index in [1.807, 2.05) is 36.4 Å². The molecule has 3 aromatic rings. The van der Waals surface area contributed by atoms with Crippen LogP contribution in [0.1, 0.15) is 26.5 Å². The van der Waals surface area contributed by atoms with Crippen LogP contribution in [0.4, 0.5) is 0 Å². The minimum absolute atomic E-state index is 0.251. The van der Waals surface area contributed by atoms with E-state index < -0.39 is 0 Å². The number of aromatic nitrogens is 1. The second-order valence-electron chi connectivity index (χ2n) is 5.60. The average Bonchev–Trinajstić information content (AvgIpc) is 3.19. The first-order chi connectivity index (χ1) is 11.7. The lowest BCUT2D eigenvalue weighted by molar-refractivity contribution is 0.0654. The Labute approximate surface area is 138 Å². The fraction of sp³-hybridized carbons (Fsp3) is 0.105. The van der Waals surface area contributed by atoms with Gasteiger partial charge in [0.1, 0.15) is 11.5 Å². The maximum atomic E-state index is 12.3. The molecule has 0 fully saturated rings. The van der Waals surface area contributed by atoms with E-state index in [1.54, 1.807) is 24.3 Å². The summed E-state index contributed by atoms with van der Waals surface area (Å²) in [6.45, 7) is 0.274. The SMILES string of the molecule is O=C1c2ccccc2C(=O)N1CCc1cc(-c2ccccc2)no1. The van der Waals surface area contributed by atoms with Gasteiger partial charge in [0.25, 0.3) is 11.8 Å². The van der Waals surface area contributed by atoms with Crippen molar-refractivity contribution in [3.05, 3.63) is 77.6 Å². The van der Waals surface area contributed by atoms with E-state index in [-0.39, 0.29) is 18.4 Å². The van der Waals surface area contributed by atoms with Gasteiger partial charge < -0.3 is 4.52 Å². The molecule has 0 spiro atoms. The van der Waals surface area contributed by atoms with Crippen molar-refractivity contribution in [2.24, 2.45) is 0 Å². The first kappa shape index (κ1) is 14.4. The van der Waals surface area contributed by atoms with Gasteiger partial charge in [-0.05, 0) is 12.1 Å². The zero-order valence-electron chi connectivity index (χ0n) is 12.8. The highest BCUT2D eigenvalue weighted by Crippen LogP contribution is 2.23. The Morgan fingerprint density at radius 1 is 0.875 bits per heavy atom. The lowest BCUT2D eigenvalue weighted by Crippen LogP contribution is -2.31. The number of rotatable bonds is 4. The second kappa shape index (κ2) is 5.77. The van der Waals surface area contributed by atoms with Crippen molar-refractivity contribution in [3.63, 3.8) is 0 Å². The molecule has 1 aliphatic rings. The van der Waals surface area contributed by atoms with Crippen molar-refractivity contribution in [3.8, 4) is 11.3 Å². The maximum absolute atomic E-state index is 12.3. The molecule has 0 unspecified atom stereocenters. The molecule has 24 heavy (non-hydrogen) atoms. The number of carbonyl (C=O) groups is 2. The first-order valence-electron chi connectivity index (χ1n) is 7.70. The largest absolute Gasteiger partial charge is 0.361 e. The third kappa shape index (κ3) is 2.40. The summed E-state index contributed by atoms with van der Waals surface area (Å²) >= 11 is 0. The number of hydrogen-bond acceptors (Lipinski definition) is 4. The summed E-state index contributed by atoms with van der Waals surface area (Å²) in [4.78, 5) is 25.9. The third-order valence-electron chi connectivity index (χ3n) is 4.09. The molecule has 2 amide bonds. The number of benzene rings is 2. The quantitative estimate of drug-likeness (QED) is 0.693. The zero-order chi connectivity index (χ0) is 16.5. The Morgan fingerprint density at radius 2 is 1.50 bits per heavy atom. The summed E-state index contributed by atoms with van der Waals surface area (Å²) in [5, 5.41) is 4.05. The van der Waals surface area contributed by atoms with Crippen LogP contribution in [0, 0.1) is 0 Å². The monoisotopic (exact) mass is 318 g/mol. The summed E-state index contributed by atoms with van der Waals surface area (Å²) in [7, 11) is 0. The van der Waals surface area contributed by atoms with Crippen molar-refractivity contribution in [2.75, 3.05) is 6.54 Å². The van der Waals surface area contributed by atoms with E-state index in [0.29, 0.717) is 23.3 Å². The number of amides is 2. The van der Waals surface area contributed by atoms with E-state index in [2.05, 4.69) is 5.16 Å². The zero-order valence-corrected chi connectivity index (χ0v) is 12.8. The lowest BCUT2D eigenvalue weighted by atomic mass is 10.1. The van der Waals surface area contributed by atoms with Gasteiger partial charge in [-0.25, -0.2) is 0 Å². The van der Waals surface area contributed by atoms with E-state index in [1.165, 1.54) is 4.90 Å². The predicted octanol–water partition coefficient (Wildman–Crippen LogP) is 3.18. The summed E-state index contributed by atoms with van der Waals surface area (Å²) in [6, 6.07) is 18.4. The predicted molar refractivity (Wildman–Crippen MR) is 87.5 cm³/mol. The molecule has 5 nitrogen and oxygen atoms in total. The molecule has 0 saturated heterocycles. The Bertz CT molecular complexity index is 880. The number of fused-ring (bicyclic) bond motifs is 1. The number of imide groups is 1. The van der Waals surface area contributed by atoms with Crippen molar-refractivity contribution in [1.82, 2.24) is 10.1 Å². The fourth-order valence-electron chi connectivity index (χ4n) is 2.84. The first-order valence-corrected chi connectivity index (χ1v) is 7.70. The van der Waals surface area contributed by atoms with Crippen LogP contribution in [0.25, 0.3) is 11.3 Å². The van der Waals surface area contributed by atoms with E-state index in [0.717, 1.165) is 11.3 Å². The standard InChI is InChI=1S/C19H14N2O3/c22-18-15-8-4-5-9-16(15)19(23)21(18)11-10-14-12-17(20-24-14)13-6-2-1-3-7-13/h1-9,12H,10-11H2. The van der Waals surface area contributed by atoms with Gasteiger partial charge in [-0.1, -0.05) is 47.6 Å². The molecule has 0 bridgehead atoms. The number of carbonyl (C=O) groups excluding carboxylic acids is 2. The summed E-state index contributed by atoms with van der Waals surface area (Å²) in [5.74, 6) is 0.141. The highest BCUT2D eigenvalue weighted by molar-refractivity contribution is 6.21. The van der Waals surface area contributed by atoms with Gasteiger partial charge in [-0.15, -0.1) is 0 Å². The molecule has 0 aliphatic carbocycles. The lowest BCUT2D eigenvalue weighted by Gasteiger charge is -2.11. The Hall–Kier alpha value is -3.21. The van der Waals surface area contributed by atoms with Crippen molar-refractivity contribution in [1.29, 1.82) is 0 Å². The van der Waals surface area contributed by atoms with Crippen LogP contribution < -0.4 is 0 Å². The molecule has 118 valence electrons. The van der Waals surface area contributed by atoms with Crippen LogP contribution in [0.2, 0.25) is 0 Å². The van der Waals surface area contributed by atoms with Crippen LogP contribution in [-0.4, -0.2) is 28.4 Å². The maximum Gasteiger partial charge on any atom is 0.261 e. The number of nitrogens with zero attached hydrogens (tertiary/aromatic N) is 2. The minimum atomic E-state index is -0.251. The van der Waals surface area contributed by atoms with Gasteiger partial charge in [0.15, 0.2) is 0 Å². The Balaban J connectivity index is 1.48.